The van der Waals surface area contributed by atoms with E-state index in [1.54, 1.807) is 0 Å². The van der Waals surface area contributed by atoms with Gasteiger partial charge in [-0.25, -0.2) is 4.79 Å². The summed E-state index contributed by atoms with van der Waals surface area (Å²) in [6.45, 7) is 4.17. The van der Waals surface area contributed by atoms with Crippen LogP contribution in [0.1, 0.15) is 43.9 Å². The molecule has 2 aromatic rings. The predicted molar refractivity (Wildman–Crippen MR) is 90.8 cm³/mol. The van der Waals surface area contributed by atoms with Crippen LogP contribution in [-0.2, 0) is 0 Å². The summed E-state index contributed by atoms with van der Waals surface area (Å²) >= 11 is 0. The predicted octanol–water partition coefficient (Wildman–Crippen LogP) is 4.26. The van der Waals surface area contributed by atoms with E-state index in [1.165, 1.54) is 0 Å². The molecule has 2 rings (SSSR count). The van der Waals surface area contributed by atoms with Gasteiger partial charge in [-0.1, -0.05) is 74.5 Å². The number of nitrogens with one attached hydrogen (secondary N) is 2. The summed E-state index contributed by atoms with van der Waals surface area (Å²) in [5, 5.41) is 6.13. The van der Waals surface area contributed by atoms with Gasteiger partial charge in [0.15, 0.2) is 0 Å². The molecule has 0 saturated carbocycles. The molecule has 0 aromatic heterocycles. The lowest BCUT2D eigenvalue weighted by Gasteiger charge is -2.22. The second-order valence-corrected chi connectivity index (χ2v) is 5.39. The highest BCUT2D eigenvalue weighted by atomic mass is 16.2. The molecule has 0 aliphatic carbocycles. The summed E-state index contributed by atoms with van der Waals surface area (Å²) in [5.41, 5.74) is 2.15. The van der Waals surface area contributed by atoms with Crippen molar-refractivity contribution in [1.82, 2.24) is 10.6 Å². The number of hydrogen-bond acceptors (Lipinski definition) is 1. The maximum atomic E-state index is 12.3. The molecule has 0 aliphatic rings. The van der Waals surface area contributed by atoms with Gasteiger partial charge in [-0.15, -0.1) is 0 Å². The van der Waals surface area contributed by atoms with Crippen LogP contribution in [0.4, 0.5) is 4.79 Å². The van der Waals surface area contributed by atoms with Gasteiger partial charge in [-0.05, 0) is 24.0 Å². The lowest BCUT2D eigenvalue weighted by atomic mass is 9.99. The number of carbonyl (C=O) groups is 1. The highest BCUT2D eigenvalue weighted by molar-refractivity contribution is 5.75. The molecule has 2 amide bonds. The third-order valence-corrected chi connectivity index (χ3v) is 3.86. The first kappa shape index (κ1) is 16.1. The highest BCUT2D eigenvalue weighted by Gasteiger charge is 2.17. The lowest BCUT2D eigenvalue weighted by Crippen LogP contribution is -2.43. The monoisotopic (exact) mass is 296 g/mol. The van der Waals surface area contributed by atoms with E-state index in [2.05, 4.69) is 24.5 Å². The zero-order chi connectivity index (χ0) is 15.8. The van der Waals surface area contributed by atoms with Crippen molar-refractivity contribution in [1.29, 1.82) is 0 Å². The zero-order valence-electron chi connectivity index (χ0n) is 13.3. The number of amides is 2. The molecule has 2 aromatic carbocycles. The average molecular weight is 296 g/mol. The molecule has 2 N–H and O–H groups in total. The first-order chi connectivity index (χ1) is 10.7. The summed E-state index contributed by atoms with van der Waals surface area (Å²) in [7, 11) is 0. The van der Waals surface area contributed by atoms with Crippen LogP contribution >= 0.6 is 0 Å². The van der Waals surface area contributed by atoms with Crippen LogP contribution in [0.3, 0.4) is 0 Å². The Bertz CT molecular complexity index is 525. The van der Waals surface area contributed by atoms with Gasteiger partial charge in [0.05, 0.1) is 6.04 Å². The van der Waals surface area contributed by atoms with Crippen molar-refractivity contribution in [3.63, 3.8) is 0 Å². The number of hydrogen-bond donors (Lipinski definition) is 2. The van der Waals surface area contributed by atoms with Crippen LogP contribution in [0.15, 0.2) is 60.7 Å². The summed E-state index contributed by atoms with van der Waals surface area (Å²) in [5.74, 6) is 0. The minimum absolute atomic E-state index is 0.119. The van der Waals surface area contributed by atoms with Gasteiger partial charge in [-0.2, -0.15) is 0 Å². The molecule has 3 nitrogen and oxygen atoms in total. The molecule has 116 valence electrons. The van der Waals surface area contributed by atoms with E-state index in [9.17, 15) is 4.79 Å². The Balaban J connectivity index is 2.17. The van der Waals surface area contributed by atoms with Gasteiger partial charge in [0, 0.05) is 6.04 Å². The van der Waals surface area contributed by atoms with E-state index in [4.69, 9.17) is 0 Å². The van der Waals surface area contributed by atoms with Crippen LogP contribution in [-0.4, -0.2) is 12.1 Å². The van der Waals surface area contributed by atoms with Gasteiger partial charge in [0.25, 0.3) is 0 Å². The third kappa shape index (κ3) is 4.35. The highest BCUT2D eigenvalue weighted by Crippen LogP contribution is 2.21. The minimum atomic E-state index is -0.142. The fourth-order valence-corrected chi connectivity index (χ4v) is 2.50. The maximum absolute atomic E-state index is 12.3. The molecule has 0 fully saturated rings. The van der Waals surface area contributed by atoms with Crippen LogP contribution in [0.25, 0.3) is 0 Å². The van der Waals surface area contributed by atoms with E-state index < -0.39 is 0 Å². The lowest BCUT2D eigenvalue weighted by molar-refractivity contribution is 0.234. The average Bonchev–Trinajstić information content (AvgIpc) is 2.59. The van der Waals surface area contributed by atoms with Crippen molar-refractivity contribution >= 4 is 6.03 Å². The standard InChI is InChI=1S/C19H24N2O/c1-3-17(4-2)20-19(22)21-18(15-11-7-5-8-12-15)16-13-9-6-10-14-16/h5-14,17-18H,3-4H2,1-2H3,(H2,20,21,22). The van der Waals surface area contributed by atoms with Crippen molar-refractivity contribution in [2.45, 2.75) is 38.8 Å². The number of rotatable bonds is 6. The number of urea groups is 1. The Morgan fingerprint density at radius 1 is 0.818 bits per heavy atom. The normalized spacial score (nSPS) is 10.7. The molecular formula is C19H24N2O. The van der Waals surface area contributed by atoms with Crippen LogP contribution in [0.5, 0.6) is 0 Å². The van der Waals surface area contributed by atoms with Crippen LogP contribution in [0, 0.1) is 0 Å². The molecule has 22 heavy (non-hydrogen) atoms. The van der Waals surface area contributed by atoms with Crippen molar-refractivity contribution in [2.75, 3.05) is 0 Å². The van der Waals surface area contributed by atoms with Crippen LogP contribution in [0.2, 0.25) is 0 Å². The van der Waals surface area contributed by atoms with Crippen molar-refractivity contribution < 1.29 is 4.79 Å². The zero-order valence-corrected chi connectivity index (χ0v) is 13.3. The molecule has 0 bridgehead atoms. The van der Waals surface area contributed by atoms with E-state index >= 15 is 0 Å². The fraction of sp³-hybridized carbons (Fsp3) is 0.316. The molecule has 0 spiro atoms. The molecular weight excluding hydrogens is 272 g/mol. The van der Waals surface area contributed by atoms with Gasteiger partial charge < -0.3 is 10.6 Å². The van der Waals surface area contributed by atoms with E-state index in [0.29, 0.717) is 0 Å². The SMILES string of the molecule is CCC(CC)NC(=O)NC(c1ccccc1)c1ccccc1. The summed E-state index contributed by atoms with van der Waals surface area (Å²) < 4.78 is 0. The number of carbonyl (C=O) groups excluding carboxylic acids is 1. The quantitative estimate of drug-likeness (QED) is 0.821. The second kappa shape index (κ2) is 8.23. The van der Waals surface area contributed by atoms with Gasteiger partial charge in [-0.3, -0.25) is 0 Å². The molecule has 0 atom stereocenters. The van der Waals surface area contributed by atoms with Gasteiger partial charge in [0.2, 0.25) is 0 Å². The third-order valence-electron chi connectivity index (χ3n) is 3.86. The number of benzene rings is 2. The maximum Gasteiger partial charge on any atom is 0.315 e. The molecule has 0 unspecified atom stereocenters. The first-order valence-electron chi connectivity index (χ1n) is 7.91. The molecule has 0 heterocycles. The summed E-state index contributed by atoms with van der Waals surface area (Å²) in [6.07, 6.45) is 1.87. The summed E-state index contributed by atoms with van der Waals surface area (Å²) in [6, 6.07) is 20.0. The van der Waals surface area contributed by atoms with Crippen molar-refractivity contribution in [3.8, 4) is 0 Å². The van der Waals surface area contributed by atoms with E-state index in [0.717, 1.165) is 24.0 Å². The smallest absolute Gasteiger partial charge is 0.315 e. The topological polar surface area (TPSA) is 41.1 Å². The largest absolute Gasteiger partial charge is 0.335 e. The Kier molecular flexibility index (Phi) is 6.01. The minimum Gasteiger partial charge on any atom is -0.335 e. The Hall–Kier alpha value is -2.29. The molecule has 0 aliphatic heterocycles. The van der Waals surface area contributed by atoms with Gasteiger partial charge >= 0.3 is 6.03 Å². The fourth-order valence-electron chi connectivity index (χ4n) is 2.50. The van der Waals surface area contributed by atoms with E-state index in [1.807, 2.05) is 60.7 Å². The van der Waals surface area contributed by atoms with Crippen molar-refractivity contribution in [2.24, 2.45) is 0 Å². The molecule has 0 saturated heterocycles. The van der Waals surface area contributed by atoms with E-state index in [-0.39, 0.29) is 18.1 Å². The molecule has 3 heteroatoms. The Morgan fingerprint density at radius 3 is 1.68 bits per heavy atom. The van der Waals surface area contributed by atoms with Crippen molar-refractivity contribution in [3.05, 3.63) is 71.8 Å². The second-order valence-electron chi connectivity index (χ2n) is 5.39. The summed E-state index contributed by atoms with van der Waals surface area (Å²) in [4.78, 5) is 12.3. The van der Waals surface area contributed by atoms with Crippen LogP contribution < -0.4 is 10.6 Å². The molecule has 0 radical (unpaired) electrons. The Morgan fingerprint density at radius 2 is 1.27 bits per heavy atom. The van der Waals surface area contributed by atoms with Gasteiger partial charge in [0.1, 0.15) is 0 Å². The Labute approximate surface area is 132 Å². The first-order valence-corrected chi connectivity index (χ1v) is 7.91.